The second kappa shape index (κ2) is 7.84. The van der Waals surface area contributed by atoms with E-state index in [0.29, 0.717) is 17.5 Å². The highest BCUT2D eigenvalue weighted by Gasteiger charge is 2.23. The molecule has 120 valence electrons. The van der Waals surface area contributed by atoms with E-state index >= 15 is 0 Å². The predicted octanol–water partition coefficient (Wildman–Crippen LogP) is 1.93. The van der Waals surface area contributed by atoms with Crippen LogP contribution in [0.25, 0.3) is 6.08 Å². The van der Waals surface area contributed by atoms with E-state index in [-0.39, 0.29) is 5.91 Å². The summed E-state index contributed by atoms with van der Waals surface area (Å²) < 4.78 is 10.5. The maximum Gasteiger partial charge on any atom is 0.246 e. The smallest absolute Gasteiger partial charge is 0.246 e. The first-order chi connectivity index (χ1) is 10.7. The van der Waals surface area contributed by atoms with Crippen molar-refractivity contribution in [3.63, 3.8) is 0 Å². The molecule has 0 spiro atoms. The molecular weight excluding hydrogens is 280 g/mol. The highest BCUT2D eigenvalue weighted by Crippen LogP contribution is 2.28. The Morgan fingerprint density at radius 1 is 1.36 bits per heavy atom. The van der Waals surface area contributed by atoms with Crippen LogP contribution < -0.4 is 14.8 Å². The van der Waals surface area contributed by atoms with Crippen molar-refractivity contribution in [2.75, 3.05) is 33.9 Å². The fraction of sp³-hybridized carbons (Fsp3) is 0.471. The van der Waals surface area contributed by atoms with Crippen molar-refractivity contribution in [2.45, 2.75) is 19.4 Å². The summed E-state index contributed by atoms with van der Waals surface area (Å²) >= 11 is 0. The maximum atomic E-state index is 12.4. The summed E-state index contributed by atoms with van der Waals surface area (Å²) in [5.74, 6) is 1.38. The Kier molecular flexibility index (Phi) is 5.83. The zero-order valence-electron chi connectivity index (χ0n) is 13.5. The number of benzene rings is 1. The van der Waals surface area contributed by atoms with E-state index in [0.717, 1.165) is 31.6 Å². The average Bonchev–Trinajstić information content (AvgIpc) is 3.07. The molecule has 0 aliphatic carbocycles. The summed E-state index contributed by atoms with van der Waals surface area (Å²) in [5.41, 5.74) is 0.909. The molecule has 0 radical (unpaired) electrons. The molecular formula is C17H24N2O3. The number of ether oxygens (including phenoxy) is 2. The van der Waals surface area contributed by atoms with Gasteiger partial charge in [0.1, 0.15) is 0 Å². The molecule has 5 heteroatoms. The Morgan fingerprint density at radius 2 is 2.14 bits per heavy atom. The monoisotopic (exact) mass is 304 g/mol. The standard InChI is InChI=1S/C17H24N2O3/c1-4-19(14-9-10-18-12-14)17(20)8-6-13-5-7-15(21-2)16(11-13)22-3/h5-8,11,14,18H,4,9-10,12H2,1-3H3/b8-6+. The summed E-state index contributed by atoms with van der Waals surface area (Å²) in [5, 5.41) is 3.30. The molecule has 2 rings (SSSR count). The normalized spacial score (nSPS) is 17.7. The number of hydrogen-bond donors (Lipinski definition) is 1. The zero-order valence-corrected chi connectivity index (χ0v) is 13.5. The van der Waals surface area contributed by atoms with Crippen LogP contribution in [0.1, 0.15) is 18.9 Å². The molecule has 1 saturated heterocycles. The van der Waals surface area contributed by atoms with Gasteiger partial charge >= 0.3 is 0 Å². The Hall–Kier alpha value is -2.01. The lowest BCUT2D eigenvalue weighted by molar-refractivity contribution is -0.127. The van der Waals surface area contributed by atoms with E-state index in [4.69, 9.17) is 9.47 Å². The number of rotatable bonds is 6. The third-order valence-electron chi connectivity index (χ3n) is 3.92. The van der Waals surface area contributed by atoms with Crippen LogP contribution in [0.4, 0.5) is 0 Å². The van der Waals surface area contributed by atoms with Crippen LogP contribution in [-0.4, -0.2) is 50.7 Å². The molecule has 1 heterocycles. The minimum atomic E-state index is 0.0472. The topological polar surface area (TPSA) is 50.8 Å². The summed E-state index contributed by atoms with van der Waals surface area (Å²) in [6.45, 7) is 4.60. The summed E-state index contributed by atoms with van der Waals surface area (Å²) in [6, 6.07) is 5.89. The number of carbonyl (C=O) groups is 1. The SMILES string of the molecule is CCN(C(=O)/C=C/c1ccc(OC)c(OC)c1)C1CCNC1. The summed E-state index contributed by atoms with van der Waals surface area (Å²) in [7, 11) is 3.20. The Balaban J connectivity index is 2.08. The van der Waals surface area contributed by atoms with Gasteiger partial charge in [-0.25, -0.2) is 0 Å². The number of carbonyl (C=O) groups excluding carboxylic acids is 1. The lowest BCUT2D eigenvalue weighted by Crippen LogP contribution is -2.40. The molecule has 0 aromatic heterocycles. The van der Waals surface area contributed by atoms with Gasteiger partial charge in [0.05, 0.1) is 14.2 Å². The van der Waals surface area contributed by atoms with Gasteiger partial charge < -0.3 is 19.7 Å². The molecule has 22 heavy (non-hydrogen) atoms. The summed E-state index contributed by atoms with van der Waals surface area (Å²) in [6.07, 6.45) is 4.46. The third-order valence-corrected chi connectivity index (χ3v) is 3.92. The van der Waals surface area contributed by atoms with Gasteiger partial charge in [0.15, 0.2) is 11.5 Å². The molecule has 1 amide bonds. The van der Waals surface area contributed by atoms with Crippen LogP contribution in [0.2, 0.25) is 0 Å². The van der Waals surface area contributed by atoms with Crippen LogP contribution in [0, 0.1) is 0 Å². The van der Waals surface area contributed by atoms with Gasteiger partial charge in [-0.2, -0.15) is 0 Å². The number of amides is 1. The van der Waals surface area contributed by atoms with Crippen molar-refractivity contribution in [1.82, 2.24) is 10.2 Å². The first kappa shape index (κ1) is 16.4. The fourth-order valence-corrected chi connectivity index (χ4v) is 2.72. The van der Waals surface area contributed by atoms with Gasteiger partial charge in [-0.05, 0) is 43.7 Å². The molecule has 1 unspecified atom stereocenters. The van der Waals surface area contributed by atoms with Gasteiger partial charge in [0.25, 0.3) is 0 Å². The lowest BCUT2D eigenvalue weighted by Gasteiger charge is -2.25. The van der Waals surface area contributed by atoms with Crippen LogP contribution in [-0.2, 0) is 4.79 Å². The zero-order chi connectivity index (χ0) is 15.9. The number of likely N-dealkylation sites (N-methyl/N-ethyl adjacent to an activating group) is 1. The van der Waals surface area contributed by atoms with E-state index < -0.39 is 0 Å². The maximum absolute atomic E-state index is 12.4. The minimum Gasteiger partial charge on any atom is -0.493 e. The Morgan fingerprint density at radius 3 is 2.73 bits per heavy atom. The van der Waals surface area contributed by atoms with Gasteiger partial charge in [0, 0.05) is 25.2 Å². The van der Waals surface area contributed by atoms with E-state index in [1.165, 1.54) is 0 Å². The van der Waals surface area contributed by atoms with Gasteiger partial charge in [-0.1, -0.05) is 6.07 Å². The van der Waals surface area contributed by atoms with Gasteiger partial charge in [0.2, 0.25) is 5.91 Å². The van der Waals surface area contributed by atoms with Crippen molar-refractivity contribution >= 4 is 12.0 Å². The predicted molar refractivity (Wildman–Crippen MR) is 87.2 cm³/mol. The lowest BCUT2D eigenvalue weighted by atomic mass is 10.1. The quantitative estimate of drug-likeness (QED) is 0.816. The molecule has 1 fully saturated rings. The van der Waals surface area contributed by atoms with Crippen molar-refractivity contribution in [3.8, 4) is 11.5 Å². The second-order valence-corrected chi connectivity index (χ2v) is 5.22. The number of nitrogens with zero attached hydrogens (tertiary/aromatic N) is 1. The number of methoxy groups -OCH3 is 2. The van der Waals surface area contributed by atoms with Gasteiger partial charge in [-0.3, -0.25) is 4.79 Å². The third kappa shape index (κ3) is 3.80. The molecule has 1 atom stereocenters. The minimum absolute atomic E-state index is 0.0472. The van der Waals surface area contributed by atoms with E-state index in [2.05, 4.69) is 5.32 Å². The molecule has 0 bridgehead atoms. The highest BCUT2D eigenvalue weighted by atomic mass is 16.5. The van der Waals surface area contributed by atoms with E-state index in [1.54, 1.807) is 20.3 Å². The summed E-state index contributed by atoms with van der Waals surface area (Å²) in [4.78, 5) is 14.3. The molecule has 1 aromatic rings. The van der Waals surface area contributed by atoms with Crippen molar-refractivity contribution in [2.24, 2.45) is 0 Å². The fourth-order valence-electron chi connectivity index (χ4n) is 2.72. The van der Waals surface area contributed by atoms with Crippen molar-refractivity contribution in [1.29, 1.82) is 0 Å². The Bertz CT molecular complexity index is 537. The van der Waals surface area contributed by atoms with Crippen molar-refractivity contribution in [3.05, 3.63) is 29.8 Å². The van der Waals surface area contributed by atoms with Crippen LogP contribution >= 0.6 is 0 Å². The highest BCUT2D eigenvalue weighted by molar-refractivity contribution is 5.92. The first-order valence-corrected chi connectivity index (χ1v) is 7.61. The molecule has 0 saturated carbocycles. The molecule has 1 aliphatic heterocycles. The Labute approximate surface area is 131 Å². The molecule has 1 N–H and O–H groups in total. The molecule has 1 aliphatic rings. The number of nitrogens with one attached hydrogen (secondary N) is 1. The van der Waals surface area contributed by atoms with Crippen LogP contribution in [0.15, 0.2) is 24.3 Å². The van der Waals surface area contributed by atoms with E-state index in [9.17, 15) is 4.79 Å². The largest absolute Gasteiger partial charge is 0.493 e. The van der Waals surface area contributed by atoms with Crippen molar-refractivity contribution < 1.29 is 14.3 Å². The number of hydrogen-bond acceptors (Lipinski definition) is 4. The first-order valence-electron chi connectivity index (χ1n) is 7.61. The molecule has 5 nitrogen and oxygen atoms in total. The van der Waals surface area contributed by atoms with Crippen LogP contribution in [0.3, 0.4) is 0 Å². The van der Waals surface area contributed by atoms with Gasteiger partial charge in [-0.15, -0.1) is 0 Å². The van der Waals surface area contributed by atoms with Crippen LogP contribution in [0.5, 0.6) is 11.5 Å². The average molecular weight is 304 g/mol. The molecule has 1 aromatic carbocycles. The second-order valence-electron chi connectivity index (χ2n) is 5.22. The van der Waals surface area contributed by atoms with E-state index in [1.807, 2.05) is 36.1 Å².